The maximum atomic E-state index is 12.0. The van der Waals surface area contributed by atoms with Crippen LogP contribution in [0.3, 0.4) is 0 Å². The van der Waals surface area contributed by atoms with Crippen LogP contribution in [0.25, 0.3) is 22.8 Å². The van der Waals surface area contributed by atoms with Crippen molar-refractivity contribution in [2.24, 2.45) is 22.1 Å². The van der Waals surface area contributed by atoms with Gasteiger partial charge in [-0.25, -0.2) is 9.97 Å². The number of amides is 1. The van der Waals surface area contributed by atoms with Gasteiger partial charge in [0.25, 0.3) is 5.89 Å². The summed E-state index contributed by atoms with van der Waals surface area (Å²) in [6.07, 6.45) is 10.4. The van der Waals surface area contributed by atoms with E-state index in [0.717, 1.165) is 18.4 Å². The summed E-state index contributed by atoms with van der Waals surface area (Å²) in [5, 5.41) is 15.4. The molecule has 0 radical (unpaired) electrons. The molecule has 1 saturated carbocycles. The largest absolute Gasteiger partial charge is 0.347 e. The van der Waals surface area contributed by atoms with Gasteiger partial charge in [0, 0.05) is 26.5 Å². The Morgan fingerprint density at radius 3 is 2.61 bits per heavy atom. The van der Waals surface area contributed by atoms with Gasteiger partial charge in [-0.15, -0.1) is 5.11 Å². The molecule has 2 N–H and O–H groups in total. The van der Waals surface area contributed by atoms with Crippen LogP contribution in [0.1, 0.15) is 31.2 Å². The number of aromatic nitrogens is 7. The van der Waals surface area contributed by atoms with Gasteiger partial charge < -0.3 is 15.3 Å². The molecule has 1 amide bonds. The highest BCUT2D eigenvalue weighted by atomic mass is 16.5. The zero-order chi connectivity index (χ0) is 25.3. The van der Waals surface area contributed by atoms with Gasteiger partial charge in [-0.05, 0) is 37.3 Å². The first-order valence-electron chi connectivity index (χ1n) is 11.4. The molecule has 1 fully saturated rings. The molecule has 36 heavy (non-hydrogen) atoms. The van der Waals surface area contributed by atoms with Gasteiger partial charge in [0.2, 0.25) is 5.91 Å². The van der Waals surface area contributed by atoms with Gasteiger partial charge in [-0.1, -0.05) is 16.4 Å². The summed E-state index contributed by atoms with van der Waals surface area (Å²) in [6.45, 7) is 2.25. The fraction of sp³-hybridized carbons (Fsp3) is 0.348. The van der Waals surface area contributed by atoms with Crippen LogP contribution in [-0.4, -0.2) is 59.8 Å². The molecular formula is C23H25N11O2. The number of pyridine rings is 1. The van der Waals surface area contributed by atoms with E-state index in [1.807, 2.05) is 18.3 Å². The highest BCUT2D eigenvalue weighted by Crippen LogP contribution is 2.50. The Hall–Kier alpha value is -4.55. The van der Waals surface area contributed by atoms with E-state index in [-0.39, 0.29) is 12.5 Å². The van der Waals surface area contributed by atoms with E-state index in [9.17, 15) is 4.79 Å². The Kier molecular flexibility index (Phi) is 5.96. The first kappa shape index (κ1) is 23.2. The molecule has 1 aliphatic carbocycles. The van der Waals surface area contributed by atoms with Gasteiger partial charge in [0.05, 0.1) is 35.3 Å². The van der Waals surface area contributed by atoms with Crippen LogP contribution in [-0.2, 0) is 16.8 Å². The van der Waals surface area contributed by atoms with Crippen molar-refractivity contribution in [1.82, 2.24) is 39.8 Å². The third kappa shape index (κ3) is 4.42. The summed E-state index contributed by atoms with van der Waals surface area (Å²) >= 11 is 0. The molecule has 5 rings (SSSR count). The van der Waals surface area contributed by atoms with Crippen LogP contribution >= 0.6 is 0 Å². The number of nitrogens with two attached hydrogens (primary N) is 1. The summed E-state index contributed by atoms with van der Waals surface area (Å²) in [5.74, 6) is 6.63. The topological polar surface area (TPSA) is 166 Å². The van der Waals surface area contributed by atoms with Crippen molar-refractivity contribution in [2.45, 2.75) is 31.7 Å². The van der Waals surface area contributed by atoms with E-state index in [0.29, 0.717) is 40.4 Å². The van der Waals surface area contributed by atoms with E-state index >= 15 is 0 Å². The van der Waals surface area contributed by atoms with Crippen LogP contribution in [0.4, 0.5) is 5.82 Å². The molecule has 0 bridgehead atoms. The first-order chi connectivity index (χ1) is 17.4. The Balaban J connectivity index is 1.39. The summed E-state index contributed by atoms with van der Waals surface area (Å²) in [7, 11) is 3.41. The van der Waals surface area contributed by atoms with E-state index in [4.69, 9.17) is 15.3 Å². The predicted molar refractivity (Wildman–Crippen MR) is 127 cm³/mol. The third-order valence-corrected chi connectivity index (χ3v) is 6.38. The lowest BCUT2D eigenvalue weighted by Gasteiger charge is -2.26. The van der Waals surface area contributed by atoms with E-state index in [1.54, 1.807) is 37.4 Å². The Bertz CT molecular complexity index is 1390. The predicted octanol–water partition coefficient (Wildman–Crippen LogP) is 2.55. The molecule has 1 atom stereocenters. The number of carbonyl (C=O) groups excluding carboxylic acids is 1. The Labute approximate surface area is 206 Å². The number of nitrogens with zero attached hydrogens (tertiary/aromatic N) is 10. The monoisotopic (exact) mass is 487 g/mol. The number of hydrogen-bond donors (Lipinski definition) is 1. The lowest BCUT2D eigenvalue weighted by molar-refractivity contribution is -0.129. The SMILES string of the molecule is CN(C)C(=O)Cn1cc(-c2nc([C@@](C)(c3ccc(-c4cnc(N=NN)cn4)nc3)C3CC3)no2)cn1. The van der Waals surface area contributed by atoms with Crippen molar-refractivity contribution < 1.29 is 9.32 Å². The van der Waals surface area contributed by atoms with E-state index in [1.165, 1.54) is 11.1 Å². The van der Waals surface area contributed by atoms with Crippen LogP contribution in [0, 0.1) is 5.92 Å². The van der Waals surface area contributed by atoms with Crippen LogP contribution in [0.5, 0.6) is 0 Å². The van der Waals surface area contributed by atoms with Crippen LogP contribution in [0.15, 0.2) is 58.0 Å². The molecule has 0 unspecified atom stereocenters. The quantitative estimate of drug-likeness (QED) is 0.223. The van der Waals surface area contributed by atoms with Crippen LogP contribution < -0.4 is 5.84 Å². The maximum absolute atomic E-state index is 12.0. The molecule has 13 nitrogen and oxygen atoms in total. The minimum absolute atomic E-state index is 0.0591. The molecule has 1 aliphatic rings. The molecule has 0 aliphatic heterocycles. The van der Waals surface area contributed by atoms with Crippen molar-refractivity contribution in [2.75, 3.05) is 14.1 Å². The lowest BCUT2D eigenvalue weighted by atomic mass is 9.77. The lowest BCUT2D eigenvalue weighted by Crippen LogP contribution is -2.28. The first-order valence-corrected chi connectivity index (χ1v) is 11.4. The van der Waals surface area contributed by atoms with Gasteiger partial charge in [-0.3, -0.25) is 14.5 Å². The molecule has 4 heterocycles. The molecule has 0 spiro atoms. The highest BCUT2D eigenvalue weighted by Gasteiger charge is 2.47. The summed E-state index contributed by atoms with van der Waals surface area (Å²) < 4.78 is 7.17. The summed E-state index contributed by atoms with van der Waals surface area (Å²) in [5.41, 5.74) is 2.45. The number of hydrogen-bond acceptors (Lipinski definition) is 10. The minimum atomic E-state index is -0.471. The van der Waals surface area contributed by atoms with Gasteiger partial charge in [0.15, 0.2) is 11.6 Å². The van der Waals surface area contributed by atoms with E-state index in [2.05, 4.69) is 42.5 Å². The zero-order valence-corrected chi connectivity index (χ0v) is 20.1. The maximum Gasteiger partial charge on any atom is 0.261 e. The second-order valence-corrected chi connectivity index (χ2v) is 9.02. The highest BCUT2D eigenvalue weighted by molar-refractivity contribution is 5.75. The Morgan fingerprint density at radius 1 is 1.17 bits per heavy atom. The van der Waals surface area contributed by atoms with Gasteiger partial charge in [0.1, 0.15) is 12.2 Å². The summed E-state index contributed by atoms with van der Waals surface area (Å²) in [4.78, 5) is 31.3. The average Bonchev–Trinajstić information content (AvgIpc) is 3.44. The smallest absolute Gasteiger partial charge is 0.261 e. The van der Waals surface area contributed by atoms with E-state index < -0.39 is 5.41 Å². The molecular weight excluding hydrogens is 462 g/mol. The third-order valence-electron chi connectivity index (χ3n) is 6.38. The zero-order valence-electron chi connectivity index (χ0n) is 20.1. The number of carbonyl (C=O) groups is 1. The van der Waals surface area contributed by atoms with Crippen molar-refractivity contribution >= 4 is 11.7 Å². The fourth-order valence-corrected chi connectivity index (χ4v) is 4.02. The van der Waals surface area contributed by atoms with Crippen molar-refractivity contribution in [3.05, 3.63) is 54.5 Å². The Morgan fingerprint density at radius 2 is 1.97 bits per heavy atom. The van der Waals surface area contributed by atoms with Crippen LogP contribution in [0.2, 0.25) is 0 Å². The second-order valence-electron chi connectivity index (χ2n) is 9.02. The fourth-order valence-electron chi connectivity index (χ4n) is 4.02. The van der Waals surface area contributed by atoms with Crippen molar-refractivity contribution in [3.63, 3.8) is 0 Å². The average molecular weight is 488 g/mol. The standard InChI is InChI=1S/C23H25N11O2/c1-23(15-4-5-15,16-6-7-17(25-9-16)18-10-27-19(11-26-18)30-32-24)22-29-21(36-31-22)14-8-28-34(12-14)13-20(35)33(2)3/h6-12,15H,4-5,13H2,1-3H3,(H2,24,27,30)/t23-/m1/s1. The number of rotatable bonds is 8. The molecule has 4 aromatic rings. The minimum Gasteiger partial charge on any atom is -0.347 e. The number of likely N-dealkylation sites (N-methyl/N-ethyl adjacent to an activating group) is 1. The molecule has 0 saturated heterocycles. The molecule has 13 heteroatoms. The van der Waals surface area contributed by atoms with Gasteiger partial charge in [-0.2, -0.15) is 10.1 Å². The van der Waals surface area contributed by atoms with Gasteiger partial charge >= 0.3 is 0 Å². The van der Waals surface area contributed by atoms with Crippen molar-refractivity contribution in [1.29, 1.82) is 0 Å². The molecule has 184 valence electrons. The van der Waals surface area contributed by atoms with Crippen molar-refractivity contribution in [3.8, 4) is 22.8 Å². The second kappa shape index (κ2) is 9.24. The molecule has 0 aromatic carbocycles. The summed E-state index contributed by atoms with van der Waals surface area (Å²) in [6, 6.07) is 3.91. The molecule has 4 aromatic heterocycles. The normalized spacial score (nSPS) is 15.2.